The lowest BCUT2D eigenvalue weighted by molar-refractivity contribution is -0.137. The fourth-order valence-corrected chi connectivity index (χ4v) is 3.27. The zero-order valence-electron chi connectivity index (χ0n) is 15.1. The Morgan fingerprint density at radius 2 is 2.04 bits per heavy atom. The van der Waals surface area contributed by atoms with Crippen molar-refractivity contribution in [1.82, 2.24) is 0 Å². The van der Waals surface area contributed by atoms with Gasteiger partial charge in [0.2, 0.25) is 0 Å². The van der Waals surface area contributed by atoms with Gasteiger partial charge in [0, 0.05) is 18.8 Å². The Morgan fingerprint density at radius 3 is 2.72 bits per heavy atom. The van der Waals surface area contributed by atoms with Crippen LogP contribution >= 0.6 is 0 Å². The molecule has 0 spiro atoms. The first-order valence-electron chi connectivity index (χ1n) is 9.39. The van der Waals surface area contributed by atoms with Crippen molar-refractivity contribution < 1.29 is 24.9 Å². The maximum Gasteiger partial charge on any atom is 0.303 e. The van der Waals surface area contributed by atoms with Crippen molar-refractivity contribution in [3.63, 3.8) is 0 Å². The van der Waals surface area contributed by atoms with Gasteiger partial charge in [-0.15, -0.1) is 0 Å². The monoisotopic (exact) mass is 352 g/mol. The number of carbonyl (C=O) groups excluding carboxylic acids is 1. The fourth-order valence-electron chi connectivity index (χ4n) is 3.27. The molecule has 3 N–H and O–H groups in total. The number of allylic oxidation sites excluding steroid dienone is 2. The number of unbranched alkanes of at least 4 members (excludes halogenated alkanes) is 3. The number of Topliss-reactive ketones (excluding diaryl/α,β-unsaturated/α-hetero) is 1. The molecule has 1 aliphatic rings. The molecule has 0 aliphatic heterocycles. The number of ketones is 1. The second kappa shape index (κ2) is 12.0. The van der Waals surface area contributed by atoms with Crippen molar-refractivity contribution >= 4 is 11.8 Å². The molecule has 0 unspecified atom stereocenters. The first-order valence-corrected chi connectivity index (χ1v) is 9.39. The van der Waals surface area contributed by atoms with E-state index < -0.39 is 18.2 Å². The van der Waals surface area contributed by atoms with E-state index in [1.54, 1.807) is 12.2 Å². The lowest BCUT2D eigenvalue weighted by Crippen LogP contribution is -2.19. The first kappa shape index (κ1) is 21.6. The zero-order valence-corrected chi connectivity index (χ0v) is 15.1. The van der Waals surface area contributed by atoms with E-state index >= 15 is 0 Å². The molecule has 0 aromatic rings. The molecule has 0 heterocycles. The van der Waals surface area contributed by atoms with Crippen LogP contribution in [0, 0.1) is 11.8 Å². The molecule has 0 saturated heterocycles. The van der Waals surface area contributed by atoms with Crippen LogP contribution in [0.3, 0.4) is 0 Å². The number of hydrogen-bond donors (Lipinski definition) is 3. The van der Waals surface area contributed by atoms with Gasteiger partial charge >= 0.3 is 5.97 Å². The van der Waals surface area contributed by atoms with Gasteiger partial charge in [0.15, 0.2) is 0 Å². The molecule has 5 heteroatoms. The Balaban J connectivity index is 2.41. The van der Waals surface area contributed by atoms with Crippen molar-refractivity contribution in [3.8, 4) is 0 Å². The van der Waals surface area contributed by atoms with Gasteiger partial charge < -0.3 is 15.3 Å². The molecule has 1 aliphatic carbocycles. The number of carboxylic acid groups (broad SMARTS) is 1. The maximum atomic E-state index is 12.1. The number of aliphatic carboxylic acids is 1. The van der Waals surface area contributed by atoms with Gasteiger partial charge in [0.1, 0.15) is 5.78 Å². The van der Waals surface area contributed by atoms with Crippen LogP contribution in [0.2, 0.25) is 0 Å². The summed E-state index contributed by atoms with van der Waals surface area (Å²) in [6, 6.07) is 0. The van der Waals surface area contributed by atoms with Crippen molar-refractivity contribution in [3.05, 3.63) is 24.3 Å². The van der Waals surface area contributed by atoms with E-state index in [9.17, 15) is 19.8 Å². The largest absolute Gasteiger partial charge is 0.481 e. The summed E-state index contributed by atoms with van der Waals surface area (Å²) in [5.41, 5.74) is 0. The molecule has 4 atom stereocenters. The third-order valence-corrected chi connectivity index (χ3v) is 4.72. The van der Waals surface area contributed by atoms with Gasteiger partial charge in [-0.2, -0.15) is 0 Å². The molecule has 0 bridgehead atoms. The van der Waals surface area contributed by atoms with Gasteiger partial charge in [0.25, 0.3) is 0 Å². The van der Waals surface area contributed by atoms with E-state index in [1.165, 1.54) is 0 Å². The van der Waals surface area contributed by atoms with Crippen molar-refractivity contribution in [1.29, 1.82) is 0 Å². The first-order chi connectivity index (χ1) is 12.0. The smallest absolute Gasteiger partial charge is 0.303 e. The van der Waals surface area contributed by atoms with Gasteiger partial charge in [-0.3, -0.25) is 9.59 Å². The summed E-state index contributed by atoms with van der Waals surface area (Å²) in [5, 5.41) is 28.6. The summed E-state index contributed by atoms with van der Waals surface area (Å²) in [6.07, 6.45) is 12.0. The number of aliphatic hydroxyl groups excluding tert-OH is 2. The predicted octanol–water partition coefficient (Wildman–Crippen LogP) is 3.25. The summed E-state index contributed by atoms with van der Waals surface area (Å²) in [7, 11) is 0. The maximum absolute atomic E-state index is 12.1. The molecule has 0 amide bonds. The molecular formula is C20H32O5. The lowest BCUT2D eigenvalue weighted by Gasteiger charge is -2.18. The van der Waals surface area contributed by atoms with Crippen LogP contribution in [0.4, 0.5) is 0 Å². The minimum absolute atomic E-state index is 0.0333. The molecule has 1 fully saturated rings. The SMILES string of the molecule is CCCCC[C@H]1[C@H](/C=C/[C@H](O)C/C=C\CCCC(=O)O)C(=O)C[C@@H]1O. The number of rotatable bonds is 12. The highest BCUT2D eigenvalue weighted by atomic mass is 16.4. The highest BCUT2D eigenvalue weighted by Crippen LogP contribution is 2.34. The minimum Gasteiger partial charge on any atom is -0.481 e. The molecule has 1 rings (SSSR count). The third kappa shape index (κ3) is 8.45. The second-order valence-electron chi connectivity index (χ2n) is 6.87. The van der Waals surface area contributed by atoms with E-state index in [1.807, 2.05) is 12.2 Å². The lowest BCUT2D eigenvalue weighted by atomic mass is 9.88. The Labute approximate surface area is 150 Å². The molecule has 0 radical (unpaired) electrons. The zero-order chi connectivity index (χ0) is 18.7. The fraction of sp³-hybridized carbons (Fsp3) is 0.700. The summed E-state index contributed by atoms with van der Waals surface area (Å²) in [5.74, 6) is -1.06. The standard InChI is InChI=1S/C20H32O5/c1-2-3-6-10-16-17(19(23)14-18(16)22)13-12-15(21)9-7-4-5-8-11-20(24)25/h4,7,12-13,15-18,21-22H,2-3,5-6,8-11,14H2,1H3,(H,24,25)/b7-4-,13-12+/t15-,16+,17+,18+/m1/s1. The molecule has 0 aromatic heterocycles. The molecule has 142 valence electrons. The molecule has 5 nitrogen and oxygen atoms in total. The van der Waals surface area contributed by atoms with E-state index in [0.29, 0.717) is 19.3 Å². The Morgan fingerprint density at radius 1 is 1.28 bits per heavy atom. The van der Waals surface area contributed by atoms with Crippen molar-refractivity contribution in [2.45, 2.75) is 76.9 Å². The summed E-state index contributed by atoms with van der Waals surface area (Å²) < 4.78 is 0. The van der Waals surface area contributed by atoms with Gasteiger partial charge in [0.05, 0.1) is 12.2 Å². The summed E-state index contributed by atoms with van der Waals surface area (Å²) in [6.45, 7) is 2.12. The number of hydrogen-bond acceptors (Lipinski definition) is 4. The van der Waals surface area contributed by atoms with Gasteiger partial charge in [-0.05, 0) is 31.6 Å². The van der Waals surface area contributed by atoms with Crippen LogP contribution in [-0.2, 0) is 9.59 Å². The Kier molecular flexibility index (Phi) is 10.3. The topological polar surface area (TPSA) is 94.8 Å². The average Bonchev–Trinajstić information content (AvgIpc) is 2.82. The van der Waals surface area contributed by atoms with E-state index in [0.717, 1.165) is 25.7 Å². The van der Waals surface area contributed by atoms with Gasteiger partial charge in [-0.25, -0.2) is 0 Å². The number of carboxylic acids is 1. The van der Waals surface area contributed by atoms with Crippen LogP contribution in [-0.4, -0.2) is 39.3 Å². The van der Waals surface area contributed by atoms with Crippen LogP contribution in [0.5, 0.6) is 0 Å². The van der Waals surface area contributed by atoms with E-state index in [4.69, 9.17) is 5.11 Å². The molecule has 0 aromatic carbocycles. The van der Waals surface area contributed by atoms with Gasteiger partial charge in [-0.1, -0.05) is 50.5 Å². The summed E-state index contributed by atoms with van der Waals surface area (Å²) >= 11 is 0. The average molecular weight is 352 g/mol. The minimum atomic E-state index is -0.798. The van der Waals surface area contributed by atoms with Crippen molar-refractivity contribution in [2.75, 3.05) is 0 Å². The van der Waals surface area contributed by atoms with Crippen molar-refractivity contribution in [2.24, 2.45) is 11.8 Å². The predicted molar refractivity (Wildman–Crippen MR) is 97.1 cm³/mol. The summed E-state index contributed by atoms with van der Waals surface area (Å²) in [4.78, 5) is 22.5. The quantitative estimate of drug-likeness (QED) is 0.370. The van der Waals surface area contributed by atoms with Crippen LogP contribution in [0.15, 0.2) is 24.3 Å². The molecule has 1 saturated carbocycles. The normalized spacial score (nSPS) is 25.2. The molecule has 25 heavy (non-hydrogen) atoms. The highest BCUT2D eigenvalue weighted by Gasteiger charge is 2.39. The van der Waals surface area contributed by atoms with E-state index in [2.05, 4.69) is 6.92 Å². The highest BCUT2D eigenvalue weighted by molar-refractivity contribution is 5.85. The van der Waals surface area contributed by atoms with E-state index in [-0.39, 0.29) is 30.5 Å². The Hall–Kier alpha value is -1.46. The Bertz CT molecular complexity index is 469. The third-order valence-electron chi connectivity index (χ3n) is 4.72. The van der Waals surface area contributed by atoms with Crippen LogP contribution < -0.4 is 0 Å². The second-order valence-corrected chi connectivity index (χ2v) is 6.87. The van der Waals surface area contributed by atoms with Crippen LogP contribution in [0.1, 0.15) is 64.7 Å². The number of aliphatic hydroxyl groups is 2. The molecular weight excluding hydrogens is 320 g/mol. The van der Waals surface area contributed by atoms with Crippen LogP contribution in [0.25, 0.3) is 0 Å². The number of carbonyl (C=O) groups is 2.